The van der Waals surface area contributed by atoms with Crippen LogP contribution in [0, 0.1) is 0 Å². The average Bonchev–Trinajstić information content (AvgIpc) is 2.12. The van der Waals surface area contributed by atoms with Gasteiger partial charge in [0, 0.05) is 0 Å². The summed E-state index contributed by atoms with van der Waals surface area (Å²) in [5, 5.41) is 9.44. The molecule has 12 heavy (non-hydrogen) atoms. The number of benzene rings is 1. The van der Waals surface area contributed by atoms with E-state index in [2.05, 4.69) is 6.58 Å². The van der Waals surface area contributed by atoms with Crippen LogP contribution in [0.4, 0.5) is 0 Å². The van der Waals surface area contributed by atoms with E-state index in [1.807, 2.05) is 30.3 Å². The van der Waals surface area contributed by atoms with Gasteiger partial charge in [-0.15, -0.1) is 0 Å². The monoisotopic (exact) mass is 158 g/mol. The molecule has 1 unspecified atom stereocenters. The van der Waals surface area contributed by atoms with Crippen LogP contribution in [0.3, 0.4) is 0 Å². The van der Waals surface area contributed by atoms with Crippen molar-refractivity contribution < 1.29 is 5.11 Å². The summed E-state index contributed by atoms with van der Waals surface area (Å²) >= 11 is 0. The van der Waals surface area contributed by atoms with Crippen LogP contribution in [0.1, 0.15) is 11.1 Å². The van der Waals surface area contributed by atoms with Crippen molar-refractivity contribution in [3.05, 3.63) is 48.0 Å². The molecule has 0 amide bonds. The van der Waals surface area contributed by atoms with Gasteiger partial charge < -0.3 is 5.11 Å². The predicted octanol–water partition coefficient (Wildman–Crippen LogP) is 2.09. The lowest BCUT2D eigenvalue weighted by Gasteiger charge is -2.17. The molecule has 0 radical (unpaired) electrons. The smallest absolute Gasteiger partial charge is 0.0975 e. The zero-order chi connectivity index (χ0) is 8.55. The Balaban J connectivity index is 2.59. The summed E-state index contributed by atoms with van der Waals surface area (Å²) in [6, 6.07) is 7.93. The SMILES string of the molecule is C=C1c2ccccc2C=CC1O. The van der Waals surface area contributed by atoms with Gasteiger partial charge in [-0.25, -0.2) is 0 Å². The van der Waals surface area contributed by atoms with Gasteiger partial charge in [0.2, 0.25) is 0 Å². The third kappa shape index (κ3) is 0.990. The van der Waals surface area contributed by atoms with Crippen molar-refractivity contribution in [2.24, 2.45) is 0 Å². The first kappa shape index (κ1) is 7.32. The molecule has 0 spiro atoms. The summed E-state index contributed by atoms with van der Waals surface area (Å²) in [6.45, 7) is 3.84. The highest BCUT2D eigenvalue weighted by molar-refractivity contribution is 5.80. The van der Waals surface area contributed by atoms with E-state index in [-0.39, 0.29) is 0 Å². The second-order valence-corrected chi connectivity index (χ2v) is 2.92. The highest BCUT2D eigenvalue weighted by atomic mass is 16.3. The van der Waals surface area contributed by atoms with E-state index in [1.54, 1.807) is 6.08 Å². The molecule has 1 aliphatic carbocycles. The van der Waals surface area contributed by atoms with Crippen LogP contribution in [0.2, 0.25) is 0 Å². The highest BCUT2D eigenvalue weighted by Gasteiger charge is 2.13. The molecule has 0 heterocycles. The Morgan fingerprint density at radius 3 is 2.83 bits per heavy atom. The lowest BCUT2D eigenvalue weighted by Crippen LogP contribution is -2.09. The lowest BCUT2D eigenvalue weighted by atomic mass is 9.92. The molecule has 2 rings (SSSR count). The maximum atomic E-state index is 9.44. The lowest BCUT2D eigenvalue weighted by molar-refractivity contribution is 0.281. The van der Waals surface area contributed by atoms with E-state index in [0.29, 0.717) is 0 Å². The number of aliphatic hydroxyl groups excluding tert-OH is 1. The first-order valence-corrected chi connectivity index (χ1v) is 3.93. The van der Waals surface area contributed by atoms with Gasteiger partial charge in [-0.3, -0.25) is 0 Å². The van der Waals surface area contributed by atoms with Gasteiger partial charge in [-0.05, 0) is 16.7 Å². The zero-order valence-electron chi connectivity index (χ0n) is 6.70. The fourth-order valence-electron chi connectivity index (χ4n) is 1.41. The molecule has 60 valence electrons. The maximum Gasteiger partial charge on any atom is 0.0975 e. The first-order chi connectivity index (χ1) is 5.79. The summed E-state index contributed by atoms with van der Waals surface area (Å²) in [5.41, 5.74) is 2.97. The zero-order valence-corrected chi connectivity index (χ0v) is 6.70. The third-order valence-corrected chi connectivity index (χ3v) is 2.12. The predicted molar refractivity (Wildman–Crippen MR) is 50.5 cm³/mol. The van der Waals surface area contributed by atoms with Crippen LogP contribution >= 0.6 is 0 Å². The van der Waals surface area contributed by atoms with Crippen molar-refractivity contribution in [3.63, 3.8) is 0 Å². The van der Waals surface area contributed by atoms with E-state index < -0.39 is 6.10 Å². The van der Waals surface area contributed by atoms with Crippen molar-refractivity contribution in [1.82, 2.24) is 0 Å². The second kappa shape index (κ2) is 2.61. The van der Waals surface area contributed by atoms with Crippen LogP contribution in [-0.4, -0.2) is 11.2 Å². The normalized spacial score (nSPS) is 20.8. The topological polar surface area (TPSA) is 20.2 Å². The summed E-state index contributed by atoms with van der Waals surface area (Å²) in [5.74, 6) is 0. The van der Waals surface area contributed by atoms with Crippen LogP contribution in [0.25, 0.3) is 11.6 Å². The maximum absolute atomic E-state index is 9.44. The fraction of sp³-hybridized carbons (Fsp3) is 0.0909. The Hall–Kier alpha value is -1.34. The minimum absolute atomic E-state index is 0.514. The molecule has 0 saturated carbocycles. The van der Waals surface area contributed by atoms with Crippen molar-refractivity contribution in [2.45, 2.75) is 6.10 Å². The Labute approximate surface area is 71.7 Å². The second-order valence-electron chi connectivity index (χ2n) is 2.92. The molecule has 0 aromatic heterocycles. The number of aliphatic hydroxyl groups is 1. The third-order valence-electron chi connectivity index (χ3n) is 2.12. The molecule has 1 aromatic carbocycles. The van der Waals surface area contributed by atoms with Gasteiger partial charge in [0.05, 0.1) is 6.10 Å². The Kier molecular flexibility index (Phi) is 1.59. The van der Waals surface area contributed by atoms with Crippen molar-refractivity contribution >= 4 is 11.6 Å². The summed E-state index contributed by atoms with van der Waals surface area (Å²) < 4.78 is 0. The molecular formula is C11H10O. The summed E-state index contributed by atoms with van der Waals surface area (Å²) in [7, 11) is 0. The minimum atomic E-state index is -0.514. The first-order valence-electron chi connectivity index (χ1n) is 3.93. The molecule has 0 fully saturated rings. The number of fused-ring (bicyclic) bond motifs is 1. The fourth-order valence-corrected chi connectivity index (χ4v) is 1.41. The van der Waals surface area contributed by atoms with Crippen molar-refractivity contribution in [3.8, 4) is 0 Å². The van der Waals surface area contributed by atoms with E-state index in [1.165, 1.54) is 0 Å². The van der Waals surface area contributed by atoms with E-state index in [4.69, 9.17) is 0 Å². The van der Waals surface area contributed by atoms with Crippen molar-refractivity contribution in [2.75, 3.05) is 0 Å². The van der Waals surface area contributed by atoms with Gasteiger partial charge in [-0.2, -0.15) is 0 Å². The Bertz CT molecular complexity index is 350. The van der Waals surface area contributed by atoms with Crippen LogP contribution < -0.4 is 0 Å². The molecule has 1 aromatic rings. The summed E-state index contributed by atoms with van der Waals surface area (Å²) in [4.78, 5) is 0. The standard InChI is InChI=1S/C11H10O/c1-8-10-5-3-2-4-9(10)6-7-11(8)12/h2-7,11-12H,1H2. The van der Waals surface area contributed by atoms with Crippen LogP contribution in [-0.2, 0) is 0 Å². The van der Waals surface area contributed by atoms with E-state index in [9.17, 15) is 5.11 Å². The molecular weight excluding hydrogens is 148 g/mol. The van der Waals surface area contributed by atoms with Gasteiger partial charge in [0.25, 0.3) is 0 Å². The Morgan fingerprint density at radius 1 is 1.25 bits per heavy atom. The quantitative estimate of drug-likeness (QED) is 0.613. The average molecular weight is 158 g/mol. The largest absolute Gasteiger partial charge is 0.384 e. The van der Waals surface area contributed by atoms with Gasteiger partial charge in [-0.1, -0.05) is 43.0 Å². The molecule has 1 aliphatic rings. The molecule has 1 N–H and O–H groups in total. The van der Waals surface area contributed by atoms with Gasteiger partial charge in [0.1, 0.15) is 0 Å². The van der Waals surface area contributed by atoms with E-state index in [0.717, 1.165) is 16.7 Å². The molecule has 0 bridgehead atoms. The molecule has 1 heteroatoms. The van der Waals surface area contributed by atoms with Crippen LogP contribution in [0.5, 0.6) is 0 Å². The minimum Gasteiger partial charge on any atom is -0.384 e. The number of hydrogen-bond donors (Lipinski definition) is 1. The molecule has 1 atom stereocenters. The van der Waals surface area contributed by atoms with Gasteiger partial charge in [0.15, 0.2) is 0 Å². The number of rotatable bonds is 0. The van der Waals surface area contributed by atoms with Crippen molar-refractivity contribution in [1.29, 1.82) is 0 Å². The number of hydrogen-bond acceptors (Lipinski definition) is 1. The van der Waals surface area contributed by atoms with E-state index >= 15 is 0 Å². The molecule has 0 saturated heterocycles. The van der Waals surface area contributed by atoms with Gasteiger partial charge >= 0.3 is 0 Å². The Morgan fingerprint density at radius 2 is 2.00 bits per heavy atom. The highest BCUT2D eigenvalue weighted by Crippen LogP contribution is 2.26. The molecule has 1 nitrogen and oxygen atoms in total. The summed E-state index contributed by atoms with van der Waals surface area (Å²) in [6.07, 6.45) is 3.17. The molecule has 0 aliphatic heterocycles. The van der Waals surface area contributed by atoms with Crippen LogP contribution in [0.15, 0.2) is 36.9 Å².